The highest BCUT2D eigenvalue weighted by Crippen LogP contribution is 2.20. The maximum absolute atomic E-state index is 13.2. The molecule has 0 amide bonds. The molecule has 0 aliphatic carbocycles. The summed E-state index contributed by atoms with van der Waals surface area (Å²) in [6, 6.07) is 6.85. The lowest BCUT2D eigenvalue weighted by Gasteiger charge is -2.09. The molecule has 2 aromatic carbocycles. The summed E-state index contributed by atoms with van der Waals surface area (Å²) in [7, 11) is 0. The molecular formula is C14H11F3N2O. The summed E-state index contributed by atoms with van der Waals surface area (Å²) in [6.07, 6.45) is 1.29. The lowest BCUT2D eigenvalue weighted by molar-refractivity contribution is 0.302. The predicted octanol–water partition coefficient (Wildman–Crippen LogP) is 2.98. The first-order valence-corrected chi connectivity index (χ1v) is 5.69. The van der Waals surface area contributed by atoms with Gasteiger partial charge in [0.2, 0.25) is 0 Å². The van der Waals surface area contributed by atoms with Crippen molar-refractivity contribution in [2.45, 2.75) is 6.61 Å². The van der Waals surface area contributed by atoms with Crippen LogP contribution < -0.4 is 10.6 Å². The molecule has 0 unspecified atom stereocenters. The van der Waals surface area contributed by atoms with Crippen LogP contribution in [0.3, 0.4) is 0 Å². The normalized spacial score (nSPS) is 10.9. The molecule has 2 N–H and O–H groups in total. The first-order valence-electron chi connectivity index (χ1n) is 5.69. The third-order valence-corrected chi connectivity index (χ3v) is 2.51. The molecule has 0 fully saturated rings. The molecule has 0 spiro atoms. The molecule has 0 saturated heterocycles. The van der Waals surface area contributed by atoms with Crippen LogP contribution in [0.15, 0.2) is 41.5 Å². The second-order valence-corrected chi connectivity index (χ2v) is 4.03. The number of nitrogens with two attached hydrogens (primary N) is 1. The largest absolute Gasteiger partial charge is 0.488 e. The maximum Gasteiger partial charge on any atom is 0.131 e. The van der Waals surface area contributed by atoms with Gasteiger partial charge in [-0.25, -0.2) is 13.2 Å². The Kier molecular flexibility index (Phi) is 4.24. The van der Waals surface area contributed by atoms with Crippen LogP contribution in [0, 0.1) is 17.5 Å². The van der Waals surface area contributed by atoms with Gasteiger partial charge < -0.3 is 10.6 Å². The minimum Gasteiger partial charge on any atom is -0.488 e. The SMILES string of the molecule is NN=Cc1ccc(F)cc1OCc1cc(F)cc(F)c1. The minimum absolute atomic E-state index is 0.108. The number of hydrogen-bond donors (Lipinski definition) is 1. The van der Waals surface area contributed by atoms with E-state index in [4.69, 9.17) is 10.6 Å². The van der Waals surface area contributed by atoms with Crippen LogP contribution in [0.25, 0.3) is 0 Å². The molecule has 2 aromatic rings. The average Bonchev–Trinajstić information content (AvgIpc) is 2.38. The van der Waals surface area contributed by atoms with Gasteiger partial charge in [-0.1, -0.05) is 0 Å². The van der Waals surface area contributed by atoms with Gasteiger partial charge in [0, 0.05) is 17.7 Å². The standard InChI is InChI=1S/C14H11F3N2O/c15-11-2-1-10(7-19-18)14(6-11)20-8-9-3-12(16)5-13(17)4-9/h1-7H,8,18H2. The second kappa shape index (κ2) is 6.10. The van der Waals surface area contributed by atoms with Crippen molar-refractivity contribution < 1.29 is 17.9 Å². The Bertz CT molecular complexity index is 624. The maximum atomic E-state index is 13.2. The number of halogens is 3. The Balaban J connectivity index is 2.19. The molecule has 0 saturated carbocycles. The lowest BCUT2D eigenvalue weighted by atomic mass is 10.2. The molecule has 104 valence electrons. The number of benzene rings is 2. The van der Waals surface area contributed by atoms with Crippen LogP contribution in [-0.2, 0) is 6.61 Å². The highest BCUT2D eigenvalue weighted by atomic mass is 19.1. The van der Waals surface area contributed by atoms with Crippen LogP contribution in [-0.4, -0.2) is 6.21 Å². The summed E-state index contributed by atoms with van der Waals surface area (Å²) in [5.74, 6) is 3.31. The Morgan fingerprint density at radius 2 is 1.70 bits per heavy atom. The van der Waals surface area contributed by atoms with Crippen LogP contribution >= 0.6 is 0 Å². The quantitative estimate of drug-likeness (QED) is 0.531. The summed E-state index contributed by atoms with van der Waals surface area (Å²) in [5, 5.41) is 3.33. The van der Waals surface area contributed by atoms with E-state index in [2.05, 4.69) is 5.10 Å². The van der Waals surface area contributed by atoms with Gasteiger partial charge in [-0.15, -0.1) is 0 Å². The van der Waals surface area contributed by atoms with E-state index >= 15 is 0 Å². The van der Waals surface area contributed by atoms with Gasteiger partial charge in [0.1, 0.15) is 29.8 Å². The lowest BCUT2D eigenvalue weighted by Crippen LogP contribution is -2.01. The molecule has 0 aromatic heterocycles. The van der Waals surface area contributed by atoms with Gasteiger partial charge in [0.25, 0.3) is 0 Å². The summed E-state index contributed by atoms with van der Waals surface area (Å²) >= 11 is 0. The van der Waals surface area contributed by atoms with Crippen LogP contribution in [0.1, 0.15) is 11.1 Å². The molecule has 0 atom stereocenters. The van der Waals surface area contributed by atoms with Gasteiger partial charge in [0.05, 0.1) is 6.21 Å². The van der Waals surface area contributed by atoms with Crippen molar-refractivity contribution in [1.29, 1.82) is 0 Å². The predicted molar refractivity (Wildman–Crippen MR) is 68.9 cm³/mol. The van der Waals surface area contributed by atoms with E-state index in [0.717, 1.165) is 24.3 Å². The molecule has 0 aliphatic heterocycles. The smallest absolute Gasteiger partial charge is 0.131 e. The van der Waals surface area contributed by atoms with E-state index in [1.165, 1.54) is 18.3 Å². The van der Waals surface area contributed by atoms with E-state index in [1.807, 2.05) is 0 Å². The fourth-order valence-electron chi connectivity index (χ4n) is 1.68. The Labute approximate surface area is 113 Å². The fourth-order valence-corrected chi connectivity index (χ4v) is 1.68. The molecule has 3 nitrogen and oxygen atoms in total. The van der Waals surface area contributed by atoms with Gasteiger partial charge in [-0.05, 0) is 29.8 Å². The molecule has 0 heterocycles. The highest BCUT2D eigenvalue weighted by molar-refractivity contribution is 5.83. The number of hydrogen-bond acceptors (Lipinski definition) is 3. The van der Waals surface area contributed by atoms with Crippen molar-refractivity contribution in [2.75, 3.05) is 0 Å². The second-order valence-electron chi connectivity index (χ2n) is 4.03. The minimum atomic E-state index is -0.702. The van der Waals surface area contributed by atoms with E-state index in [1.54, 1.807) is 0 Å². The van der Waals surface area contributed by atoms with Crippen LogP contribution in [0.4, 0.5) is 13.2 Å². The van der Waals surface area contributed by atoms with E-state index < -0.39 is 17.5 Å². The third-order valence-electron chi connectivity index (χ3n) is 2.51. The summed E-state index contributed by atoms with van der Waals surface area (Å²) in [5.41, 5.74) is 0.758. The Hall–Kier alpha value is -2.50. The van der Waals surface area contributed by atoms with E-state index in [-0.39, 0.29) is 12.4 Å². The monoisotopic (exact) mass is 280 g/mol. The van der Waals surface area contributed by atoms with Crippen molar-refractivity contribution >= 4 is 6.21 Å². The van der Waals surface area contributed by atoms with Gasteiger partial charge >= 0.3 is 0 Å². The van der Waals surface area contributed by atoms with Crippen molar-refractivity contribution in [3.05, 3.63) is 65.0 Å². The zero-order valence-corrected chi connectivity index (χ0v) is 10.3. The molecule has 0 radical (unpaired) electrons. The molecule has 0 aliphatic rings. The zero-order valence-electron chi connectivity index (χ0n) is 10.3. The average molecular weight is 280 g/mol. The molecule has 20 heavy (non-hydrogen) atoms. The highest BCUT2D eigenvalue weighted by Gasteiger charge is 2.06. The Morgan fingerprint density at radius 3 is 2.35 bits per heavy atom. The molecular weight excluding hydrogens is 269 g/mol. The molecule has 6 heteroatoms. The molecule has 0 bridgehead atoms. The zero-order chi connectivity index (χ0) is 14.5. The number of nitrogens with zero attached hydrogens (tertiary/aromatic N) is 1. The van der Waals surface area contributed by atoms with Crippen molar-refractivity contribution in [3.8, 4) is 5.75 Å². The number of rotatable bonds is 4. The summed E-state index contributed by atoms with van der Waals surface area (Å²) in [4.78, 5) is 0. The van der Waals surface area contributed by atoms with E-state index in [0.29, 0.717) is 11.1 Å². The van der Waals surface area contributed by atoms with Crippen LogP contribution in [0.2, 0.25) is 0 Å². The fraction of sp³-hybridized carbons (Fsp3) is 0.0714. The first kappa shape index (κ1) is 13.9. The number of hydrazone groups is 1. The topological polar surface area (TPSA) is 47.6 Å². The first-order chi connectivity index (χ1) is 9.58. The molecule has 2 rings (SSSR count). The number of ether oxygens (including phenoxy) is 1. The van der Waals surface area contributed by atoms with Crippen molar-refractivity contribution in [1.82, 2.24) is 0 Å². The Morgan fingerprint density at radius 1 is 1.00 bits per heavy atom. The van der Waals surface area contributed by atoms with Crippen molar-refractivity contribution in [3.63, 3.8) is 0 Å². The van der Waals surface area contributed by atoms with Crippen LogP contribution in [0.5, 0.6) is 5.75 Å². The van der Waals surface area contributed by atoms with Gasteiger partial charge in [-0.2, -0.15) is 5.10 Å². The van der Waals surface area contributed by atoms with Gasteiger partial charge in [-0.3, -0.25) is 0 Å². The van der Waals surface area contributed by atoms with E-state index in [9.17, 15) is 13.2 Å². The third kappa shape index (κ3) is 3.50. The summed E-state index contributed by atoms with van der Waals surface area (Å²) < 4.78 is 44.6. The summed E-state index contributed by atoms with van der Waals surface area (Å²) in [6.45, 7) is -0.108. The van der Waals surface area contributed by atoms with Crippen molar-refractivity contribution in [2.24, 2.45) is 10.9 Å². The van der Waals surface area contributed by atoms with Gasteiger partial charge in [0.15, 0.2) is 0 Å².